The smallest absolute Gasteiger partial charge is 0.254 e. The Bertz CT molecular complexity index is 478. The topological polar surface area (TPSA) is 54.5 Å². The average Bonchev–Trinajstić information content (AvgIpc) is 2.47. The summed E-state index contributed by atoms with van der Waals surface area (Å²) >= 11 is 0. The average molecular weight is 277 g/mol. The molecule has 1 aromatic heterocycles. The highest BCUT2D eigenvalue weighted by Crippen LogP contribution is 2.25. The maximum absolute atomic E-state index is 12.6. The quantitative estimate of drug-likeness (QED) is 0.916. The molecule has 0 radical (unpaired) electrons. The number of anilines is 1. The van der Waals surface area contributed by atoms with Gasteiger partial charge in [-0.25, -0.2) is 4.98 Å². The van der Waals surface area contributed by atoms with Crippen LogP contribution in [0.3, 0.4) is 0 Å². The molecule has 5 heteroatoms. The molecule has 1 aromatic rings. The van der Waals surface area contributed by atoms with Crippen molar-refractivity contribution in [2.75, 3.05) is 32.1 Å². The Morgan fingerprint density at radius 1 is 1.60 bits per heavy atom. The lowest BCUT2D eigenvalue weighted by Gasteiger charge is -2.39. The molecular weight excluding hydrogens is 254 g/mol. The lowest BCUT2D eigenvalue weighted by molar-refractivity contribution is -0.0440. The van der Waals surface area contributed by atoms with Gasteiger partial charge in [-0.15, -0.1) is 0 Å². The predicted octanol–water partition coefficient (Wildman–Crippen LogP) is 2.15. The van der Waals surface area contributed by atoms with Gasteiger partial charge in [0.05, 0.1) is 5.60 Å². The predicted molar refractivity (Wildman–Crippen MR) is 79.0 cm³/mol. The number of hydrogen-bond acceptors (Lipinski definition) is 4. The van der Waals surface area contributed by atoms with Gasteiger partial charge in [0.1, 0.15) is 5.82 Å². The number of rotatable bonds is 4. The summed E-state index contributed by atoms with van der Waals surface area (Å²) in [6.07, 6.45) is 3.64. The summed E-state index contributed by atoms with van der Waals surface area (Å²) in [6.45, 7) is 6.28. The Labute approximate surface area is 120 Å². The second kappa shape index (κ2) is 6.22. The Morgan fingerprint density at radius 3 is 3.10 bits per heavy atom. The number of hydrogen-bond donors (Lipinski definition) is 1. The van der Waals surface area contributed by atoms with Gasteiger partial charge in [-0.1, -0.05) is 0 Å². The zero-order chi connectivity index (χ0) is 14.6. The van der Waals surface area contributed by atoms with Crippen LogP contribution in [0.15, 0.2) is 18.3 Å². The van der Waals surface area contributed by atoms with E-state index in [2.05, 4.69) is 17.2 Å². The van der Waals surface area contributed by atoms with E-state index in [0.29, 0.717) is 12.1 Å². The third-order valence-corrected chi connectivity index (χ3v) is 3.80. The van der Waals surface area contributed by atoms with Gasteiger partial charge >= 0.3 is 0 Å². The van der Waals surface area contributed by atoms with Crippen molar-refractivity contribution in [1.29, 1.82) is 0 Å². The molecule has 0 saturated carbocycles. The zero-order valence-electron chi connectivity index (χ0n) is 12.5. The SMILES string of the molecule is CCNc1cc(C(=O)N2CCCC(C)(OC)C2)ccn1. The van der Waals surface area contributed by atoms with E-state index in [0.717, 1.165) is 31.7 Å². The van der Waals surface area contributed by atoms with Crippen molar-refractivity contribution >= 4 is 11.7 Å². The summed E-state index contributed by atoms with van der Waals surface area (Å²) in [6, 6.07) is 3.58. The molecule has 2 heterocycles. The Kier molecular flexibility index (Phi) is 4.60. The maximum Gasteiger partial charge on any atom is 0.254 e. The lowest BCUT2D eigenvalue weighted by Crippen LogP contribution is -2.49. The van der Waals surface area contributed by atoms with E-state index in [1.807, 2.05) is 17.9 Å². The van der Waals surface area contributed by atoms with E-state index in [9.17, 15) is 4.79 Å². The molecule has 1 aliphatic heterocycles. The molecule has 1 fully saturated rings. The van der Waals surface area contributed by atoms with Gasteiger partial charge in [0.25, 0.3) is 5.91 Å². The van der Waals surface area contributed by atoms with E-state index in [-0.39, 0.29) is 11.5 Å². The minimum atomic E-state index is -0.231. The fourth-order valence-electron chi connectivity index (χ4n) is 2.57. The first-order valence-electron chi connectivity index (χ1n) is 7.12. The second-order valence-corrected chi connectivity index (χ2v) is 5.44. The van der Waals surface area contributed by atoms with Crippen LogP contribution in [-0.2, 0) is 4.74 Å². The number of ether oxygens (including phenoxy) is 1. The number of aromatic nitrogens is 1. The van der Waals surface area contributed by atoms with Crippen LogP contribution in [-0.4, -0.2) is 48.1 Å². The lowest BCUT2D eigenvalue weighted by atomic mass is 9.94. The van der Waals surface area contributed by atoms with Crippen LogP contribution in [0.5, 0.6) is 0 Å². The highest BCUT2D eigenvalue weighted by molar-refractivity contribution is 5.95. The first-order chi connectivity index (χ1) is 9.58. The number of pyridine rings is 1. The van der Waals surface area contributed by atoms with Crippen LogP contribution in [0.25, 0.3) is 0 Å². The van der Waals surface area contributed by atoms with E-state index < -0.39 is 0 Å². The fraction of sp³-hybridized carbons (Fsp3) is 0.600. The summed E-state index contributed by atoms with van der Waals surface area (Å²) in [4.78, 5) is 18.6. The second-order valence-electron chi connectivity index (χ2n) is 5.44. The molecule has 0 spiro atoms. The van der Waals surface area contributed by atoms with Crippen LogP contribution in [0.4, 0.5) is 5.82 Å². The highest BCUT2D eigenvalue weighted by atomic mass is 16.5. The van der Waals surface area contributed by atoms with E-state index in [1.165, 1.54) is 0 Å². The van der Waals surface area contributed by atoms with Crippen LogP contribution in [0.2, 0.25) is 0 Å². The summed E-state index contributed by atoms with van der Waals surface area (Å²) in [5.74, 6) is 0.791. The van der Waals surface area contributed by atoms with Crippen LogP contribution in [0, 0.1) is 0 Å². The molecule has 1 amide bonds. The highest BCUT2D eigenvalue weighted by Gasteiger charge is 2.33. The van der Waals surface area contributed by atoms with Gasteiger partial charge in [0, 0.05) is 38.5 Å². The van der Waals surface area contributed by atoms with E-state index in [1.54, 1.807) is 19.4 Å². The minimum Gasteiger partial charge on any atom is -0.377 e. The number of carbonyl (C=O) groups is 1. The van der Waals surface area contributed by atoms with Gasteiger partial charge in [0.2, 0.25) is 0 Å². The number of nitrogens with one attached hydrogen (secondary N) is 1. The van der Waals surface area contributed by atoms with Gasteiger partial charge < -0.3 is 15.0 Å². The van der Waals surface area contributed by atoms with Crippen molar-refractivity contribution in [1.82, 2.24) is 9.88 Å². The number of carbonyl (C=O) groups excluding carboxylic acids is 1. The summed E-state index contributed by atoms with van der Waals surface area (Å²) < 4.78 is 5.54. The molecule has 0 aromatic carbocycles. The number of piperidine rings is 1. The minimum absolute atomic E-state index is 0.0505. The fourth-order valence-corrected chi connectivity index (χ4v) is 2.57. The molecule has 1 saturated heterocycles. The molecule has 0 aliphatic carbocycles. The molecule has 0 bridgehead atoms. The summed E-state index contributed by atoms with van der Waals surface area (Å²) in [5, 5.41) is 3.13. The Morgan fingerprint density at radius 2 is 2.40 bits per heavy atom. The third-order valence-electron chi connectivity index (χ3n) is 3.80. The molecular formula is C15H23N3O2. The molecule has 20 heavy (non-hydrogen) atoms. The summed E-state index contributed by atoms with van der Waals surface area (Å²) in [7, 11) is 1.71. The number of methoxy groups -OCH3 is 1. The standard InChI is InChI=1S/C15H23N3O2/c1-4-16-13-10-12(6-8-17-13)14(19)18-9-5-7-15(2,11-18)20-3/h6,8,10H,4-5,7,9,11H2,1-3H3,(H,16,17). The number of nitrogens with zero attached hydrogens (tertiary/aromatic N) is 2. The van der Waals surface area contributed by atoms with Crippen LogP contribution in [0.1, 0.15) is 37.0 Å². The Hall–Kier alpha value is -1.62. The largest absolute Gasteiger partial charge is 0.377 e. The van der Waals surface area contributed by atoms with Crippen molar-refractivity contribution in [3.8, 4) is 0 Å². The van der Waals surface area contributed by atoms with Crippen molar-refractivity contribution in [3.63, 3.8) is 0 Å². The molecule has 1 N–H and O–H groups in total. The van der Waals surface area contributed by atoms with Crippen molar-refractivity contribution < 1.29 is 9.53 Å². The first kappa shape index (κ1) is 14.8. The van der Waals surface area contributed by atoms with E-state index in [4.69, 9.17) is 4.74 Å². The maximum atomic E-state index is 12.6. The van der Waals surface area contributed by atoms with Crippen molar-refractivity contribution in [2.24, 2.45) is 0 Å². The number of likely N-dealkylation sites (tertiary alicyclic amines) is 1. The molecule has 1 aliphatic rings. The first-order valence-corrected chi connectivity index (χ1v) is 7.12. The molecule has 1 unspecified atom stereocenters. The Balaban J connectivity index is 2.12. The monoisotopic (exact) mass is 277 g/mol. The van der Waals surface area contributed by atoms with Gasteiger partial charge in [-0.3, -0.25) is 4.79 Å². The van der Waals surface area contributed by atoms with Crippen LogP contribution >= 0.6 is 0 Å². The summed E-state index contributed by atoms with van der Waals surface area (Å²) in [5.41, 5.74) is 0.446. The molecule has 2 rings (SSSR count). The molecule has 1 atom stereocenters. The number of amides is 1. The van der Waals surface area contributed by atoms with Gasteiger partial charge in [0.15, 0.2) is 0 Å². The van der Waals surface area contributed by atoms with Crippen molar-refractivity contribution in [3.05, 3.63) is 23.9 Å². The van der Waals surface area contributed by atoms with Gasteiger partial charge in [-0.2, -0.15) is 0 Å². The molecule has 5 nitrogen and oxygen atoms in total. The van der Waals surface area contributed by atoms with Gasteiger partial charge in [-0.05, 0) is 38.8 Å². The van der Waals surface area contributed by atoms with E-state index >= 15 is 0 Å². The zero-order valence-corrected chi connectivity index (χ0v) is 12.5. The normalized spacial score (nSPS) is 22.6. The molecule has 110 valence electrons. The van der Waals surface area contributed by atoms with Crippen molar-refractivity contribution in [2.45, 2.75) is 32.3 Å². The third kappa shape index (κ3) is 3.28. The van der Waals surface area contributed by atoms with Crippen LogP contribution < -0.4 is 5.32 Å².